The van der Waals surface area contributed by atoms with Crippen LogP contribution in [0.2, 0.25) is 5.02 Å². The molecule has 170 valence electrons. The molecule has 3 aromatic rings. The Hall–Kier alpha value is -3.12. The van der Waals surface area contributed by atoms with Crippen LogP contribution in [0.4, 0.5) is 5.69 Å². The summed E-state index contributed by atoms with van der Waals surface area (Å²) in [5, 5.41) is 22.7. The minimum atomic E-state index is -0.841. The second-order valence-electron chi connectivity index (χ2n) is 8.23. The summed E-state index contributed by atoms with van der Waals surface area (Å²) < 4.78 is 11.6. The van der Waals surface area contributed by atoms with E-state index in [2.05, 4.69) is 16.3 Å². The first-order valence-corrected chi connectivity index (χ1v) is 11.4. The van der Waals surface area contributed by atoms with E-state index in [1.165, 1.54) is 0 Å². The number of aromatic nitrogens is 1. The summed E-state index contributed by atoms with van der Waals surface area (Å²) in [6, 6.07) is 10.0. The molecule has 1 aliphatic carbocycles. The van der Waals surface area contributed by atoms with Crippen molar-refractivity contribution in [1.29, 1.82) is 5.26 Å². The van der Waals surface area contributed by atoms with Crippen molar-refractivity contribution in [3.63, 3.8) is 0 Å². The topological polar surface area (TPSA) is 112 Å². The summed E-state index contributed by atoms with van der Waals surface area (Å²) in [5.74, 6) is -0.466. The number of hydrogen-bond acceptors (Lipinski definition) is 7. The third-order valence-corrected chi connectivity index (χ3v) is 6.68. The van der Waals surface area contributed by atoms with Crippen molar-refractivity contribution in [1.82, 2.24) is 10.3 Å². The van der Waals surface area contributed by atoms with Crippen molar-refractivity contribution >= 4 is 34.4 Å². The lowest BCUT2D eigenvalue weighted by Crippen LogP contribution is -2.36. The fraction of sp³-hybridized carbons (Fsp3) is 0.375. The van der Waals surface area contributed by atoms with Crippen molar-refractivity contribution in [3.8, 4) is 17.5 Å². The monoisotopic (exact) mass is 466 g/mol. The Bertz CT molecular complexity index is 1260. The molecule has 2 N–H and O–H groups in total. The zero-order valence-corrected chi connectivity index (χ0v) is 18.7. The molecule has 0 radical (unpaired) electrons. The van der Waals surface area contributed by atoms with Crippen molar-refractivity contribution in [2.24, 2.45) is 0 Å². The van der Waals surface area contributed by atoms with Gasteiger partial charge in [-0.25, -0.2) is 4.98 Å². The summed E-state index contributed by atoms with van der Waals surface area (Å²) >= 11 is 6.78. The molecule has 1 aromatic heterocycles. The van der Waals surface area contributed by atoms with E-state index in [0.29, 0.717) is 52.9 Å². The molecule has 5 rings (SSSR count). The van der Waals surface area contributed by atoms with Gasteiger partial charge in [-0.15, -0.1) is 0 Å². The summed E-state index contributed by atoms with van der Waals surface area (Å²) in [6.45, 7) is 3.20. The number of nitrogens with one attached hydrogen (secondary N) is 1. The zero-order chi connectivity index (χ0) is 22.9. The van der Waals surface area contributed by atoms with Gasteiger partial charge in [-0.05, 0) is 42.2 Å². The van der Waals surface area contributed by atoms with Crippen molar-refractivity contribution < 1.29 is 19.1 Å². The number of carbonyl (C=O) groups is 1. The Morgan fingerprint density at radius 1 is 1.36 bits per heavy atom. The van der Waals surface area contributed by atoms with Crippen LogP contribution in [0.15, 0.2) is 28.7 Å². The molecule has 1 saturated heterocycles. The van der Waals surface area contributed by atoms with Crippen molar-refractivity contribution in [3.05, 3.63) is 46.0 Å². The molecular weight excluding hydrogens is 444 g/mol. The van der Waals surface area contributed by atoms with E-state index < -0.39 is 5.97 Å². The highest BCUT2D eigenvalue weighted by molar-refractivity contribution is 6.35. The molecule has 8 nitrogen and oxygen atoms in total. The lowest BCUT2D eigenvalue weighted by Gasteiger charge is -2.29. The quantitative estimate of drug-likeness (QED) is 0.562. The number of anilines is 1. The largest absolute Gasteiger partial charge is 0.481 e. The minimum Gasteiger partial charge on any atom is -0.481 e. The number of carboxylic acids is 1. The number of nitriles is 1. The Morgan fingerprint density at radius 3 is 2.94 bits per heavy atom. The zero-order valence-electron chi connectivity index (χ0n) is 17.9. The van der Waals surface area contributed by atoms with Crippen LogP contribution in [0.1, 0.15) is 35.6 Å². The van der Waals surface area contributed by atoms with Crippen LogP contribution in [0.5, 0.6) is 0 Å². The van der Waals surface area contributed by atoms with Crippen molar-refractivity contribution in [2.75, 3.05) is 37.7 Å². The highest BCUT2D eigenvalue weighted by Gasteiger charge is 2.29. The number of aliphatic carboxylic acids is 1. The van der Waals surface area contributed by atoms with E-state index in [1.54, 1.807) is 0 Å². The number of ether oxygens (including phenoxy) is 1. The highest BCUT2D eigenvalue weighted by Crippen LogP contribution is 2.41. The van der Waals surface area contributed by atoms with E-state index in [1.807, 2.05) is 24.3 Å². The van der Waals surface area contributed by atoms with Gasteiger partial charge in [-0.1, -0.05) is 17.7 Å². The minimum absolute atomic E-state index is 0.00997. The average Bonchev–Trinajstić information content (AvgIpc) is 3.42. The fourth-order valence-electron chi connectivity index (χ4n) is 4.68. The molecule has 1 unspecified atom stereocenters. The van der Waals surface area contributed by atoms with E-state index >= 15 is 0 Å². The molecule has 0 saturated carbocycles. The number of hydrogen-bond donors (Lipinski definition) is 2. The predicted octanol–water partition coefficient (Wildman–Crippen LogP) is 3.91. The molecule has 2 aromatic carbocycles. The Kier molecular flexibility index (Phi) is 5.94. The smallest absolute Gasteiger partial charge is 0.304 e. The van der Waals surface area contributed by atoms with Crippen molar-refractivity contribution in [2.45, 2.75) is 25.3 Å². The number of morpholine rings is 1. The summed E-state index contributed by atoms with van der Waals surface area (Å²) in [7, 11) is 0. The molecular formula is C24H23ClN4O4. The third kappa shape index (κ3) is 4.04. The molecule has 1 fully saturated rings. The van der Waals surface area contributed by atoms with Crippen LogP contribution in [-0.2, 0) is 16.0 Å². The van der Waals surface area contributed by atoms with Gasteiger partial charge in [0.15, 0.2) is 5.58 Å². The van der Waals surface area contributed by atoms with Gasteiger partial charge >= 0.3 is 5.97 Å². The maximum Gasteiger partial charge on any atom is 0.304 e. The summed E-state index contributed by atoms with van der Waals surface area (Å²) in [5.41, 5.74) is 5.06. The van der Waals surface area contributed by atoms with Gasteiger partial charge in [0, 0.05) is 25.7 Å². The SMILES string of the molecule is N#Cc1c2c(cc3nc(-c4cccc(N5CCOCC5)c4Cl)oc13)C(NCCC(=O)O)CC2. The molecule has 2 aliphatic rings. The molecule has 2 heterocycles. The normalized spacial score (nSPS) is 17.8. The number of nitrogens with zero attached hydrogens (tertiary/aromatic N) is 3. The second kappa shape index (κ2) is 9.02. The number of fused-ring (bicyclic) bond motifs is 2. The number of benzene rings is 2. The van der Waals surface area contributed by atoms with Gasteiger partial charge in [-0.2, -0.15) is 5.26 Å². The predicted molar refractivity (Wildman–Crippen MR) is 124 cm³/mol. The van der Waals surface area contributed by atoms with Crippen LogP contribution in [-0.4, -0.2) is 48.9 Å². The number of rotatable bonds is 6. The van der Waals surface area contributed by atoms with E-state index in [-0.39, 0.29) is 12.5 Å². The molecule has 33 heavy (non-hydrogen) atoms. The molecule has 0 amide bonds. The lowest BCUT2D eigenvalue weighted by atomic mass is 10.0. The van der Waals surface area contributed by atoms with E-state index in [9.17, 15) is 10.1 Å². The Balaban J connectivity index is 1.52. The van der Waals surface area contributed by atoms with Gasteiger partial charge in [0.2, 0.25) is 5.89 Å². The van der Waals surface area contributed by atoms with Gasteiger partial charge in [-0.3, -0.25) is 4.79 Å². The summed E-state index contributed by atoms with van der Waals surface area (Å²) in [4.78, 5) is 17.7. The van der Waals surface area contributed by atoms with Crippen LogP contribution in [0.3, 0.4) is 0 Å². The second-order valence-corrected chi connectivity index (χ2v) is 8.60. The first kappa shape index (κ1) is 21.7. The Morgan fingerprint density at radius 2 is 2.18 bits per heavy atom. The summed E-state index contributed by atoms with van der Waals surface area (Å²) in [6.07, 6.45) is 1.57. The van der Waals surface area contributed by atoms with E-state index in [4.69, 9.17) is 30.8 Å². The number of halogens is 1. The van der Waals surface area contributed by atoms with Gasteiger partial charge in [0.1, 0.15) is 17.1 Å². The molecule has 1 aliphatic heterocycles. The highest BCUT2D eigenvalue weighted by atomic mass is 35.5. The van der Waals surface area contributed by atoms with Crippen LogP contribution in [0.25, 0.3) is 22.6 Å². The average molecular weight is 467 g/mol. The Labute approximate surface area is 195 Å². The van der Waals surface area contributed by atoms with Gasteiger partial charge in [0.25, 0.3) is 0 Å². The van der Waals surface area contributed by atoms with Gasteiger partial charge < -0.3 is 24.5 Å². The maximum absolute atomic E-state index is 10.9. The molecule has 9 heteroatoms. The molecule has 0 spiro atoms. The maximum atomic E-state index is 10.9. The number of oxazole rings is 1. The lowest BCUT2D eigenvalue weighted by molar-refractivity contribution is -0.136. The van der Waals surface area contributed by atoms with Crippen LogP contribution >= 0.6 is 11.6 Å². The molecule has 1 atom stereocenters. The van der Waals surface area contributed by atoms with Gasteiger partial charge in [0.05, 0.1) is 35.9 Å². The number of carboxylic acid groups (broad SMARTS) is 1. The first-order valence-electron chi connectivity index (χ1n) is 11.0. The standard InChI is InChI=1S/C24H23ClN4O4/c25-22-15(2-1-3-20(22)29-8-10-32-11-9-29)24-28-19-12-16-14(17(13-26)23(19)33-24)4-5-18(16)27-7-6-21(30)31/h1-3,12,18,27H,4-11H2,(H,30,31). The van der Waals surface area contributed by atoms with Crippen LogP contribution in [0, 0.1) is 11.3 Å². The molecule has 0 bridgehead atoms. The fourth-order valence-corrected chi connectivity index (χ4v) is 5.01. The third-order valence-electron chi connectivity index (χ3n) is 6.28. The first-order chi connectivity index (χ1) is 16.1. The van der Waals surface area contributed by atoms with Crippen LogP contribution < -0.4 is 10.2 Å². The van der Waals surface area contributed by atoms with E-state index in [0.717, 1.165) is 42.7 Å².